The first-order chi connectivity index (χ1) is 20.7. The van der Waals surface area contributed by atoms with Crippen molar-refractivity contribution in [2.75, 3.05) is 30.8 Å². The number of allylic oxidation sites excluding steroid dienone is 1. The Morgan fingerprint density at radius 3 is 2.35 bits per heavy atom. The lowest BCUT2D eigenvalue weighted by atomic mass is 9.80. The van der Waals surface area contributed by atoms with Gasteiger partial charge in [-0.2, -0.15) is 0 Å². The SMILES string of the molecule is CC/C=C(/Nc1cccc(-c2cccc(NC)c2C)c1C)c1nc2c(n1C)CCN(CCC13CCC(C(=O)O)(CC1)C3)C2. The Morgan fingerprint density at radius 1 is 1.05 bits per heavy atom. The number of carbonyl (C=O) groups is 1. The summed E-state index contributed by atoms with van der Waals surface area (Å²) in [5.74, 6) is 0.420. The first-order valence-electron chi connectivity index (χ1n) is 16.0. The highest BCUT2D eigenvalue weighted by atomic mass is 16.4. The number of rotatable bonds is 10. The molecular weight excluding hydrogens is 534 g/mol. The lowest BCUT2D eigenvalue weighted by molar-refractivity contribution is -0.148. The molecule has 1 aromatic heterocycles. The van der Waals surface area contributed by atoms with Crippen LogP contribution >= 0.6 is 0 Å². The van der Waals surface area contributed by atoms with Gasteiger partial charge in [-0.05, 0) is 105 Å². The predicted molar refractivity (Wildman–Crippen MR) is 175 cm³/mol. The summed E-state index contributed by atoms with van der Waals surface area (Å²) < 4.78 is 2.29. The average molecular weight is 582 g/mol. The summed E-state index contributed by atoms with van der Waals surface area (Å²) >= 11 is 0. The van der Waals surface area contributed by atoms with Crippen LogP contribution in [0.2, 0.25) is 0 Å². The number of anilines is 2. The number of hydrogen-bond acceptors (Lipinski definition) is 5. The summed E-state index contributed by atoms with van der Waals surface area (Å²) in [5, 5.41) is 16.9. The van der Waals surface area contributed by atoms with Crippen LogP contribution in [0, 0.1) is 24.7 Å². The summed E-state index contributed by atoms with van der Waals surface area (Å²) in [4.78, 5) is 19.7. The Bertz CT molecular complexity index is 1560. The highest BCUT2D eigenvalue weighted by Gasteiger charge is 2.57. The molecule has 3 aliphatic rings. The van der Waals surface area contributed by atoms with Crippen LogP contribution in [0.5, 0.6) is 0 Å². The third kappa shape index (κ3) is 5.26. The molecule has 6 rings (SSSR count). The van der Waals surface area contributed by atoms with E-state index in [-0.39, 0.29) is 5.41 Å². The van der Waals surface area contributed by atoms with E-state index in [1.165, 1.54) is 33.6 Å². The van der Waals surface area contributed by atoms with Crippen molar-refractivity contribution >= 4 is 23.0 Å². The lowest BCUT2D eigenvalue weighted by Gasteiger charge is -2.32. The number of fused-ring (bicyclic) bond motifs is 3. The molecule has 7 heteroatoms. The van der Waals surface area contributed by atoms with Crippen molar-refractivity contribution in [3.05, 3.63) is 70.8 Å². The van der Waals surface area contributed by atoms with E-state index in [0.717, 1.165) is 93.9 Å². The highest BCUT2D eigenvalue weighted by Crippen LogP contribution is 2.63. The summed E-state index contributed by atoms with van der Waals surface area (Å²) in [6.45, 7) is 9.46. The van der Waals surface area contributed by atoms with E-state index in [0.29, 0.717) is 0 Å². The second kappa shape index (κ2) is 11.5. The number of carboxylic acids is 1. The van der Waals surface area contributed by atoms with Crippen molar-refractivity contribution < 1.29 is 9.90 Å². The molecule has 7 nitrogen and oxygen atoms in total. The van der Waals surface area contributed by atoms with Gasteiger partial charge in [0.15, 0.2) is 5.82 Å². The minimum atomic E-state index is -0.569. The zero-order chi connectivity index (χ0) is 30.4. The molecule has 2 aromatic carbocycles. The molecule has 3 aromatic rings. The van der Waals surface area contributed by atoms with Crippen LogP contribution in [-0.2, 0) is 24.8 Å². The van der Waals surface area contributed by atoms with Crippen LogP contribution < -0.4 is 10.6 Å². The maximum atomic E-state index is 11.9. The van der Waals surface area contributed by atoms with Gasteiger partial charge in [0, 0.05) is 50.7 Å². The molecule has 43 heavy (non-hydrogen) atoms. The molecule has 0 amide bonds. The van der Waals surface area contributed by atoms with Gasteiger partial charge in [0.1, 0.15) is 0 Å². The Balaban J connectivity index is 1.19. The highest BCUT2D eigenvalue weighted by molar-refractivity contribution is 5.83. The molecule has 0 saturated heterocycles. The average Bonchev–Trinajstić information content (AvgIpc) is 3.68. The van der Waals surface area contributed by atoms with Crippen LogP contribution in [0.25, 0.3) is 16.8 Å². The van der Waals surface area contributed by atoms with Gasteiger partial charge in [0.25, 0.3) is 0 Å². The smallest absolute Gasteiger partial charge is 0.309 e. The van der Waals surface area contributed by atoms with Gasteiger partial charge in [0.05, 0.1) is 16.8 Å². The number of aromatic nitrogens is 2. The van der Waals surface area contributed by atoms with Crippen molar-refractivity contribution in [1.29, 1.82) is 0 Å². The Kier molecular flexibility index (Phi) is 7.88. The molecule has 3 N–H and O–H groups in total. The van der Waals surface area contributed by atoms with Gasteiger partial charge in [0.2, 0.25) is 0 Å². The monoisotopic (exact) mass is 581 g/mol. The molecule has 2 heterocycles. The Morgan fingerprint density at radius 2 is 1.72 bits per heavy atom. The molecule has 0 spiro atoms. The third-order valence-electron chi connectivity index (χ3n) is 10.9. The van der Waals surface area contributed by atoms with Crippen LogP contribution in [0.1, 0.15) is 80.2 Å². The number of imidazole rings is 1. The predicted octanol–water partition coefficient (Wildman–Crippen LogP) is 7.39. The first-order valence-corrected chi connectivity index (χ1v) is 16.0. The van der Waals surface area contributed by atoms with E-state index in [2.05, 4.69) is 90.4 Å². The fourth-order valence-electron chi connectivity index (χ4n) is 8.18. The third-order valence-corrected chi connectivity index (χ3v) is 10.9. The number of nitrogens with zero attached hydrogens (tertiary/aromatic N) is 3. The topological polar surface area (TPSA) is 82.4 Å². The van der Waals surface area contributed by atoms with Gasteiger partial charge in [-0.3, -0.25) is 9.69 Å². The summed E-state index contributed by atoms with van der Waals surface area (Å²) in [6, 6.07) is 12.9. The first kappa shape index (κ1) is 29.5. The largest absolute Gasteiger partial charge is 0.481 e. The van der Waals surface area contributed by atoms with Crippen molar-refractivity contribution in [1.82, 2.24) is 14.5 Å². The standard InChI is InChI=1S/C36H47N5O2/c1-6-9-30(38-29-13-8-11-27(25(29)3)26-10-7-12-28(37-4)24(26)2)33-39-31-22-41(20-14-32(31)40(33)5)21-19-35-15-17-36(23-35,18-16-35)34(42)43/h7-13,37-38H,6,14-23H2,1-5H3,(H,42,43)/b30-9+. The normalized spacial score (nSPS) is 23.4. The van der Waals surface area contributed by atoms with E-state index in [1.54, 1.807) is 0 Å². The van der Waals surface area contributed by atoms with E-state index >= 15 is 0 Å². The van der Waals surface area contributed by atoms with Gasteiger partial charge in [-0.15, -0.1) is 0 Å². The summed E-state index contributed by atoms with van der Waals surface area (Å²) in [7, 11) is 4.12. The number of aliphatic carboxylic acids is 1. The van der Waals surface area contributed by atoms with Crippen molar-refractivity contribution in [2.45, 2.75) is 78.7 Å². The summed E-state index contributed by atoms with van der Waals surface area (Å²) in [6.07, 6.45) is 9.99. The van der Waals surface area contributed by atoms with Gasteiger partial charge < -0.3 is 20.3 Å². The van der Waals surface area contributed by atoms with Crippen LogP contribution in [-0.4, -0.2) is 45.7 Å². The Labute approximate surface area is 256 Å². The lowest BCUT2D eigenvalue weighted by Crippen LogP contribution is -2.34. The van der Waals surface area contributed by atoms with Crippen LogP contribution in [0.3, 0.4) is 0 Å². The molecule has 2 fully saturated rings. The van der Waals surface area contributed by atoms with E-state index < -0.39 is 11.4 Å². The van der Waals surface area contributed by atoms with Crippen molar-refractivity contribution in [2.24, 2.45) is 17.9 Å². The van der Waals surface area contributed by atoms with Crippen LogP contribution in [0.15, 0.2) is 42.5 Å². The molecule has 2 bridgehead atoms. The minimum absolute atomic E-state index is 0.230. The molecular formula is C36H47N5O2. The maximum absolute atomic E-state index is 11.9. The van der Waals surface area contributed by atoms with E-state index in [9.17, 15) is 9.90 Å². The van der Waals surface area contributed by atoms with Gasteiger partial charge in [-0.1, -0.05) is 37.3 Å². The van der Waals surface area contributed by atoms with Gasteiger partial charge >= 0.3 is 5.97 Å². The fraction of sp³-hybridized carbons (Fsp3) is 0.500. The van der Waals surface area contributed by atoms with E-state index in [1.807, 2.05) is 7.05 Å². The molecule has 2 aliphatic carbocycles. The second-order valence-electron chi connectivity index (χ2n) is 13.3. The van der Waals surface area contributed by atoms with E-state index in [4.69, 9.17) is 4.98 Å². The quantitative estimate of drug-likeness (QED) is 0.232. The number of benzene rings is 2. The Hall–Kier alpha value is -3.58. The van der Waals surface area contributed by atoms with Crippen molar-refractivity contribution in [3.63, 3.8) is 0 Å². The van der Waals surface area contributed by atoms with Crippen molar-refractivity contribution in [3.8, 4) is 11.1 Å². The molecule has 2 saturated carbocycles. The van der Waals surface area contributed by atoms with Crippen LogP contribution in [0.4, 0.5) is 11.4 Å². The summed E-state index contributed by atoms with van der Waals surface area (Å²) in [5.41, 5.74) is 10.5. The molecule has 0 unspecified atom stereocenters. The molecule has 228 valence electrons. The zero-order valence-corrected chi connectivity index (χ0v) is 26.5. The zero-order valence-electron chi connectivity index (χ0n) is 26.5. The molecule has 0 radical (unpaired) electrons. The second-order valence-corrected chi connectivity index (χ2v) is 13.3. The fourth-order valence-corrected chi connectivity index (χ4v) is 8.18. The molecule has 1 aliphatic heterocycles. The minimum Gasteiger partial charge on any atom is -0.481 e. The number of nitrogens with one attached hydrogen (secondary N) is 2. The molecule has 0 atom stereocenters. The number of hydrogen-bond donors (Lipinski definition) is 3. The van der Waals surface area contributed by atoms with Gasteiger partial charge in [-0.25, -0.2) is 4.98 Å². The number of carboxylic acid groups (broad SMARTS) is 1. The maximum Gasteiger partial charge on any atom is 0.309 e.